The molecular weight excluding hydrogens is 322 g/mol. The van der Waals surface area contributed by atoms with Crippen LogP contribution in [0.2, 0.25) is 5.02 Å². The van der Waals surface area contributed by atoms with Gasteiger partial charge in [-0.25, -0.2) is 8.42 Å². The van der Waals surface area contributed by atoms with Crippen molar-refractivity contribution in [3.8, 4) is 5.75 Å². The van der Waals surface area contributed by atoms with Gasteiger partial charge in [-0.15, -0.1) is 0 Å². The van der Waals surface area contributed by atoms with Crippen molar-refractivity contribution in [2.75, 3.05) is 18.5 Å². The summed E-state index contributed by atoms with van der Waals surface area (Å²) in [5, 5.41) is 0.262. The van der Waals surface area contributed by atoms with Crippen molar-refractivity contribution in [1.29, 1.82) is 0 Å². The molecule has 0 aliphatic rings. The molecule has 0 aliphatic heterocycles. The smallest absolute Gasteiger partial charge is 0.264 e. The number of anilines is 1. The first kappa shape index (κ1) is 16.6. The highest BCUT2D eigenvalue weighted by Crippen LogP contribution is 2.32. The monoisotopic (exact) mass is 339 g/mol. The fourth-order valence-electron chi connectivity index (χ4n) is 2.39. The third-order valence-electron chi connectivity index (χ3n) is 3.54. The lowest BCUT2D eigenvalue weighted by Crippen LogP contribution is -2.28. The van der Waals surface area contributed by atoms with Crippen molar-refractivity contribution in [1.82, 2.24) is 0 Å². The molecule has 0 atom stereocenters. The Kier molecular flexibility index (Phi) is 4.68. The Morgan fingerprint density at radius 2 is 1.68 bits per heavy atom. The first-order valence-electron chi connectivity index (χ1n) is 6.67. The molecule has 0 saturated carbocycles. The zero-order chi connectivity index (χ0) is 16.5. The van der Waals surface area contributed by atoms with Crippen LogP contribution in [0.4, 0.5) is 5.69 Å². The van der Waals surface area contributed by atoms with Crippen LogP contribution < -0.4 is 9.04 Å². The fraction of sp³-hybridized carbons (Fsp3) is 0.250. The molecule has 22 heavy (non-hydrogen) atoms. The van der Waals surface area contributed by atoms with Gasteiger partial charge in [-0.2, -0.15) is 0 Å². The lowest BCUT2D eigenvalue weighted by atomic mass is 10.1. The van der Waals surface area contributed by atoms with Crippen LogP contribution in [-0.4, -0.2) is 22.6 Å². The van der Waals surface area contributed by atoms with E-state index in [0.29, 0.717) is 11.4 Å². The van der Waals surface area contributed by atoms with Gasteiger partial charge < -0.3 is 4.74 Å². The predicted molar refractivity (Wildman–Crippen MR) is 89.5 cm³/mol. The number of sulfonamides is 1. The number of methoxy groups -OCH3 is 1. The normalized spacial score (nSPS) is 11.3. The van der Waals surface area contributed by atoms with E-state index in [4.69, 9.17) is 16.3 Å². The second-order valence-corrected chi connectivity index (χ2v) is 7.39. The van der Waals surface area contributed by atoms with Crippen LogP contribution in [0.15, 0.2) is 41.3 Å². The van der Waals surface area contributed by atoms with E-state index in [1.54, 1.807) is 13.1 Å². The highest BCUT2D eigenvalue weighted by atomic mass is 35.5. The predicted octanol–water partition coefficient (Wildman–Crippen LogP) is 3.79. The van der Waals surface area contributed by atoms with Crippen LogP contribution in [0.1, 0.15) is 11.1 Å². The van der Waals surface area contributed by atoms with E-state index in [1.807, 2.05) is 32.0 Å². The van der Waals surface area contributed by atoms with E-state index in [2.05, 4.69) is 0 Å². The molecule has 2 rings (SSSR count). The lowest BCUT2D eigenvalue weighted by Gasteiger charge is -2.23. The Labute approximate surface area is 136 Å². The van der Waals surface area contributed by atoms with Crippen molar-refractivity contribution < 1.29 is 13.2 Å². The quantitative estimate of drug-likeness (QED) is 0.851. The van der Waals surface area contributed by atoms with Crippen molar-refractivity contribution in [3.63, 3.8) is 0 Å². The molecule has 0 N–H and O–H groups in total. The van der Waals surface area contributed by atoms with Gasteiger partial charge in [0, 0.05) is 7.05 Å². The summed E-state index contributed by atoms with van der Waals surface area (Å²) >= 11 is 6.04. The number of hydrogen-bond donors (Lipinski definition) is 0. The maximum Gasteiger partial charge on any atom is 0.264 e. The number of aryl methyl sites for hydroxylation is 2. The molecular formula is C16H18ClNO3S. The van der Waals surface area contributed by atoms with E-state index < -0.39 is 10.0 Å². The highest BCUT2D eigenvalue weighted by molar-refractivity contribution is 7.92. The molecule has 2 aromatic rings. The zero-order valence-electron chi connectivity index (χ0n) is 12.9. The first-order valence-corrected chi connectivity index (χ1v) is 8.49. The Morgan fingerprint density at radius 1 is 1.09 bits per heavy atom. The number of benzene rings is 2. The third-order valence-corrected chi connectivity index (χ3v) is 5.58. The Morgan fingerprint density at radius 3 is 2.18 bits per heavy atom. The summed E-state index contributed by atoms with van der Waals surface area (Å²) in [7, 11) is -0.662. The SMILES string of the molecule is COc1ccc(S(=O)(=O)N(C)c2c(C)cccc2C)cc1Cl. The van der Waals surface area contributed by atoms with Gasteiger partial charge in [0.2, 0.25) is 0 Å². The Hall–Kier alpha value is -1.72. The van der Waals surface area contributed by atoms with Gasteiger partial charge in [0.05, 0.1) is 22.7 Å². The average Bonchev–Trinajstić information content (AvgIpc) is 2.46. The van der Waals surface area contributed by atoms with Crippen molar-refractivity contribution in [3.05, 3.63) is 52.5 Å². The summed E-state index contributed by atoms with van der Waals surface area (Å²) < 4.78 is 32.0. The van der Waals surface area contributed by atoms with Gasteiger partial charge in [0.25, 0.3) is 10.0 Å². The van der Waals surface area contributed by atoms with Gasteiger partial charge in [0.1, 0.15) is 5.75 Å². The van der Waals surface area contributed by atoms with Gasteiger partial charge in [-0.3, -0.25) is 4.31 Å². The maximum atomic E-state index is 12.8. The molecule has 0 heterocycles. The number of rotatable bonds is 4. The van der Waals surface area contributed by atoms with Gasteiger partial charge >= 0.3 is 0 Å². The average molecular weight is 340 g/mol. The molecule has 118 valence electrons. The van der Waals surface area contributed by atoms with Crippen LogP contribution in [0.5, 0.6) is 5.75 Å². The van der Waals surface area contributed by atoms with Crippen molar-refractivity contribution >= 4 is 27.3 Å². The van der Waals surface area contributed by atoms with Crippen LogP contribution in [0, 0.1) is 13.8 Å². The minimum Gasteiger partial charge on any atom is -0.495 e. The van der Waals surface area contributed by atoms with Gasteiger partial charge in [-0.1, -0.05) is 29.8 Å². The highest BCUT2D eigenvalue weighted by Gasteiger charge is 2.24. The van der Waals surface area contributed by atoms with Crippen molar-refractivity contribution in [2.45, 2.75) is 18.7 Å². The maximum absolute atomic E-state index is 12.8. The molecule has 0 amide bonds. The number of halogens is 1. The second kappa shape index (κ2) is 6.18. The fourth-order valence-corrected chi connectivity index (χ4v) is 4.06. The zero-order valence-corrected chi connectivity index (χ0v) is 14.5. The molecule has 4 nitrogen and oxygen atoms in total. The van der Waals surface area contributed by atoms with E-state index in [9.17, 15) is 8.42 Å². The number of ether oxygens (including phenoxy) is 1. The second-order valence-electron chi connectivity index (χ2n) is 5.01. The Bertz CT molecular complexity index is 783. The number of hydrogen-bond acceptors (Lipinski definition) is 3. The van der Waals surface area contributed by atoms with Gasteiger partial charge in [0.15, 0.2) is 0 Å². The molecule has 0 bridgehead atoms. The van der Waals surface area contributed by atoms with Crippen molar-refractivity contribution in [2.24, 2.45) is 0 Å². The molecule has 0 radical (unpaired) electrons. The summed E-state index contributed by atoms with van der Waals surface area (Å²) in [4.78, 5) is 0.128. The number of nitrogens with zero attached hydrogens (tertiary/aromatic N) is 1. The molecule has 0 fully saturated rings. The van der Waals surface area contributed by atoms with E-state index in [0.717, 1.165) is 11.1 Å². The summed E-state index contributed by atoms with van der Waals surface area (Å²) in [6.07, 6.45) is 0. The first-order chi connectivity index (χ1) is 10.3. The molecule has 0 saturated heterocycles. The third kappa shape index (κ3) is 2.91. The topological polar surface area (TPSA) is 46.6 Å². The summed E-state index contributed by atoms with van der Waals surface area (Å²) in [6, 6.07) is 10.1. The largest absolute Gasteiger partial charge is 0.495 e. The van der Waals surface area contributed by atoms with Gasteiger partial charge in [-0.05, 0) is 43.2 Å². The molecule has 2 aromatic carbocycles. The minimum absolute atomic E-state index is 0.128. The van der Waals surface area contributed by atoms with Crippen LogP contribution in [0.3, 0.4) is 0 Å². The Balaban J connectivity index is 2.52. The van der Waals surface area contributed by atoms with Crippen LogP contribution in [-0.2, 0) is 10.0 Å². The lowest BCUT2D eigenvalue weighted by molar-refractivity contribution is 0.414. The van der Waals surface area contributed by atoms with Crippen LogP contribution in [0.25, 0.3) is 0 Å². The molecule has 6 heteroatoms. The van der Waals surface area contributed by atoms with Crippen LogP contribution >= 0.6 is 11.6 Å². The van der Waals surface area contributed by atoms with E-state index >= 15 is 0 Å². The van der Waals surface area contributed by atoms with E-state index in [1.165, 1.54) is 23.5 Å². The summed E-state index contributed by atoms with van der Waals surface area (Å²) in [6.45, 7) is 3.77. The minimum atomic E-state index is -3.69. The molecule has 0 unspecified atom stereocenters. The molecule has 0 spiro atoms. The molecule has 0 aromatic heterocycles. The summed E-state index contributed by atoms with van der Waals surface area (Å²) in [5.74, 6) is 0.440. The standard InChI is InChI=1S/C16H18ClNO3S/c1-11-6-5-7-12(2)16(11)18(3)22(19,20)13-8-9-15(21-4)14(17)10-13/h5-10H,1-4H3. The molecule has 0 aliphatic carbocycles. The summed E-state index contributed by atoms with van der Waals surface area (Å²) in [5.41, 5.74) is 2.46. The van der Waals surface area contributed by atoms with E-state index in [-0.39, 0.29) is 9.92 Å². The number of para-hydroxylation sites is 1.